The predicted octanol–water partition coefficient (Wildman–Crippen LogP) is 2.27. The molecular weight excluding hydrogens is 280 g/mol. The molecule has 0 atom stereocenters. The van der Waals surface area contributed by atoms with Crippen molar-refractivity contribution in [2.24, 2.45) is 5.73 Å². The van der Waals surface area contributed by atoms with Crippen molar-refractivity contribution in [3.05, 3.63) is 48.1 Å². The van der Waals surface area contributed by atoms with E-state index in [1.54, 1.807) is 29.2 Å². The van der Waals surface area contributed by atoms with E-state index in [-0.39, 0.29) is 12.3 Å². The monoisotopic (exact) mass is 306 g/mol. The molecule has 0 bridgehead atoms. The van der Waals surface area contributed by atoms with Gasteiger partial charge in [-0.1, -0.05) is 44.2 Å². The van der Waals surface area contributed by atoms with Gasteiger partial charge in [-0.15, -0.1) is 0 Å². The molecule has 1 aliphatic rings. The number of carboxylic acid groups (broad SMARTS) is 1. The van der Waals surface area contributed by atoms with Gasteiger partial charge in [0.25, 0.3) is 5.91 Å². The summed E-state index contributed by atoms with van der Waals surface area (Å²) in [5.41, 5.74) is 6.08. The molecule has 22 heavy (non-hydrogen) atoms. The van der Waals surface area contributed by atoms with Gasteiger partial charge in [-0.05, 0) is 18.6 Å². The van der Waals surface area contributed by atoms with Gasteiger partial charge in [-0.3, -0.25) is 9.59 Å². The minimum Gasteiger partial charge on any atom is -0.481 e. The van der Waals surface area contributed by atoms with E-state index in [4.69, 9.17) is 10.8 Å². The largest absolute Gasteiger partial charge is 0.481 e. The van der Waals surface area contributed by atoms with Crippen LogP contribution in [-0.2, 0) is 9.59 Å². The Bertz CT molecular complexity index is 463. The average molecular weight is 306 g/mol. The van der Waals surface area contributed by atoms with Crippen molar-refractivity contribution in [2.75, 3.05) is 19.6 Å². The Morgan fingerprint density at radius 3 is 2.36 bits per heavy atom. The van der Waals surface area contributed by atoms with Gasteiger partial charge in [-0.25, -0.2) is 0 Å². The van der Waals surface area contributed by atoms with E-state index in [0.717, 1.165) is 0 Å². The van der Waals surface area contributed by atoms with Gasteiger partial charge < -0.3 is 15.7 Å². The fraction of sp³-hybridized carbons (Fsp3) is 0.412. The van der Waals surface area contributed by atoms with Crippen LogP contribution in [0.1, 0.15) is 26.7 Å². The second-order valence-electron chi connectivity index (χ2n) is 4.33. The molecule has 0 aromatic rings. The Morgan fingerprint density at radius 2 is 1.73 bits per heavy atom. The summed E-state index contributed by atoms with van der Waals surface area (Å²) in [5, 5.41) is 8.64. The van der Waals surface area contributed by atoms with Crippen LogP contribution < -0.4 is 5.73 Å². The van der Waals surface area contributed by atoms with Crippen LogP contribution in [0.2, 0.25) is 0 Å². The number of aliphatic carboxylic acids is 1. The van der Waals surface area contributed by atoms with Gasteiger partial charge in [0.2, 0.25) is 0 Å². The maximum absolute atomic E-state index is 12.4. The average Bonchev–Trinajstić information content (AvgIpc) is 2.47. The highest BCUT2D eigenvalue weighted by Gasteiger charge is 2.15. The van der Waals surface area contributed by atoms with Crippen LogP contribution in [0, 0.1) is 0 Å². The summed E-state index contributed by atoms with van der Waals surface area (Å²) in [6.07, 6.45) is 13.1. The quantitative estimate of drug-likeness (QED) is 0.756. The summed E-state index contributed by atoms with van der Waals surface area (Å²) < 4.78 is 0. The summed E-state index contributed by atoms with van der Waals surface area (Å²) >= 11 is 0. The Morgan fingerprint density at radius 1 is 1.09 bits per heavy atom. The Balaban J connectivity index is 0.00000211. The second-order valence-corrected chi connectivity index (χ2v) is 4.33. The van der Waals surface area contributed by atoms with Crippen LogP contribution in [0.5, 0.6) is 0 Å². The third-order valence-corrected chi connectivity index (χ3v) is 2.75. The molecule has 5 heteroatoms. The zero-order valence-electron chi connectivity index (χ0n) is 13.4. The second kappa shape index (κ2) is 12.6. The lowest BCUT2D eigenvalue weighted by molar-refractivity contribution is -0.137. The van der Waals surface area contributed by atoms with Gasteiger partial charge >= 0.3 is 5.97 Å². The van der Waals surface area contributed by atoms with E-state index in [1.165, 1.54) is 0 Å². The van der Waals surface area contributed by atoms with E-state index in [1.807, 2.05) is 32.1 Å². The molecule has 0 saturated carbocycles. The van der Waals surface area contributed by atoms with Gasteiger partial charge in [-0.2, -0.15) is 0 Å². The smallest absolute Gasteiger partial charge is 0.303 e. The van der Waals surface area contributed by atoms with Crippen LogP contribution >= 0.6 is 0 Å². The number of hydrogen-bond acceptors (Lipinski definition) is 3. The molecular formula is C17H26N2O3. The van der Waals surface area contributed by atoms with Gasteiger partial charge in [0.05, 0.1) is 0 Å². The highest BCUT2D eigenvalue weighted by Crippen LogP contribution is 2.08. The third kappa shape index (κ3) is 8.21. The van der Waals surface area contributed by atoms with Crippen molar-refractivity contribution in [3.8, 4) is 0 Å². The van der Waals surface area contributed by atoms with Crippen molar-refractivity contribution >= 4 is 11.9 Å². The molecule has 0 heterocycles. The number of amides is 1. The van der Waals surface area contributed by atoms with E-state index >= 15 is 0 Å². The van der Waals surface area contributed by atoms with Crippen LogP contribution in [0.15, 0.2) is 48.1 Å². The molecule has 3 N–H and O–H groups in total. The molecule has 0 aromatic heterocycles. The van der Waals surface area contributed by atoms with Crippen molar-refractivity contribution in [3.63, 3.8) is 0 Å². The summed E-state index contributed by atoms with van der Waals surface area (Å²) in [4.78, 5) is 24.5. The fourth-order valence-corrected chi connectivity index (χ4v) is 1.78. The molecule has 0 saturated heterocycles. The van der Waals surface area contributed by atoms with Crippen LogP contribution in [0.4, 0.5) is 0 Å². The van der Waals surface area contributed by atoms with E-state index in [0.29, 0.717) is 31.6 Å². The first-order chi connectivity index (χ1) is 10.6. The predicted molar refractivity (Wildman–Crippen MR) is 89.4 cm³/mol. The van der Waals surface area contributed by atoms with Crippen molar-refractivity contribution in [2.45, 2.75) is 26.7 Å². The molecule has 1 aliphatic carbocycles. The molecule has 0 unspecified atom stereocenters. The number of carbonyl (C=O) groups is 2. The first-order valence-electron chi connectivity index (χ1n) is 7.58. The number of nitrogens with zero attached hydrogens (tertiary/aromatic N) is 1. The Hall–Kier alpha value is -2.14. The Kier molecular flexibility index (Phi) is 11.4. The number of carboxylic acids is 1. The third-order valence-electron chi connectivity index (χ3n) is 2.75. The lowest BCUT2D eigenvalue weighted by Crippen LogP contribution is -2.37. The zero-order valence-corrected chi connectivity index (χ0v) is 13.4. The summed E-state index contributed by atoms with van der Waals surface area (Å²) in [5.74, 6) is -0.986. The summed E-state index contributed by atoms with van der Waals surface area (Å²) in [6.45, 7) is 5.17. The first kappa shape index (κ1) is 19.9. The number of rotatable bonds is 7. The number of allylic oxidation sites excluding steroid dienone is 6. The molecule has 1 rings (SSSR count). The molecule has 0 aromatic carbocycles. The first-order valence-corrected chi connectivity index (χ1v) is 7.58. The maximum Gasteiger partial charge on any atom is 0.303 e. The van der Waals surface area contributed by atoms with Crippen molar-refractivity contribution < 1.29 is 14.7 Å². The van der Waals surface area contributed by atoms with Crippen LogP contribution in [-0.4, -0.2) is 41.5 Å². The van der Waals surface area contributed by atoms with E-state index in [2.05, 4.69) is 0 Å². The number of hydrogen-bond donors (Lipinski definition) is 2. The Labute approximate surface area is 132 Å². The SMILES string of the molecule is CC.NCCN(CCCC(=O)O)C(=O)C1=C/C=C\C=C/C=C\1. The van der Waals surface area contributed by atoms with Gasteiger partial charge in [0.15, 0.2) is 0 Å². The topological polar surface area (TPSA) is 83.6 Å². The number of nitrogens with two attached hydrogens (primary N) is 1. The molecule has 0 spiro atoms. The fourth-order valence-electron chi connectivity index (χ4n) is 1.78. The highest BCUT2D eigenvalue weighted by molar-refractivity contribution is 5.96. The normalized spacial score (nSPS) is 19.3. The molecule has 122 valence electrons. The van der Waals surface area contributed by atoms with Crippen LogP contribution in [0.3, 0.4) is 0 Å². The lowest BCUT2D eigenvalue weighted by Gasteiger charge is -2.22. The number of carbonyl (C=O) groups excluding carboxylic acids is 1. The van der Waals surface area contributed by atoms with Crippen molar-refractivity contribution in [1.82, 2.24) is 4.90 Å². The lowest BCUT2D eigenvalue weighted by atomic mass is 10.1. The molecule has 0 radical (unpaired) electrons. The zero-order chi connectivity index (χ0) is 16.8. The molecule has 1 amide bonds. The molecule has 0 aliphatic heterocycles. The van der Waals surface area contributed by atoms with Gasteiger partial charge in [0.1, 0.15) is 0 Å². The van der Waals surface area contributed by atoms with Crippen molar-refractivity contribution in [1.29, 1.82) is 0 Å². The van der Waals surface area contributed by atoms with Crippen LogP contribution in [0.25, 0.3) is 0 Å². The summed E-state index contributed by atoms with van der Waals surface area (Å²) in [7, 11) is 0. The van der Waals surface area contributed by atoms with E-state index < -0.39 is 5.97 Å². The molecule has 0 fully saturated rings. The minimum atomic E-state index is -0.858. The van der Waals surface area contributed by atoms with Gasteiger partial charge in [0, 0.05) is 31.6 Å². The standard InChI is InChI=1S/C15H20N2O3.C2H6/c16-10-12-17(11-6-9-14(18)19)15(20)13-7-4-2-1-3-5-8-13;1-2/h1-5,7-8H,6,9-12,16H2,(H,18,19);1-2H3/b2-1-,3-1?,4-2?,5-3-,7-4-,8-5?,13-7?,13-8+;. The van der Waals surface area contributed by atoms with E-state index in [9.17, 15) is 9.59 Å². The summed E-state index contributed by atoms with van der Waals surface area (Å²) in [6, 6.07) is 0. The highest BCUT2D eigenvalue weighted by atomic mass is 16.4. The minimum absolute atomic E-state index is 0.0475. The molecule has 5 nitrogen and oxygen atoms in total. The maximum atomic E-state index is 12.4.